The van der Waals surface area contributed by atoms with Crippen LogP contribution >= 0.6 is 0 Å². The van der Waals surface area contributed by atoms with E-state index < -0.39 is 4.92 Å². The number of para-hydroxylation sites is 1. The average Bonchev–Trinajstić information content (AvgIpc) is 2.98. The lowest BCUT2D eigenvalue weighted by atomic mass is 10.1. The van der Waals surface area contributed by atoms with Crippen LogP contribution in [0, 0.1) is 10.1 Å². The van der Waals surface area contributed by atoms with Crippen LogP contribution in [0.3, 0.4) is 0 Å². The lowest BCUT2D eigenvalue weighted by molar-refractivity contribution is -0.384. The van der Waals surface area contributed by atoms with E-state index in [-0.39, 0.29) is 23.3 Å². The van der Waals surface area contributed by atoms with Crippen molar-refractivity contribution >= 4 is 17.3 Å². The first-order valence-corrected chi connectivity index (χ1v) is 6.78. The Hall–Kier alpha value is -2.11. The molecule has 0 atom stereocenters. The van der Waals surface area contributed by atoms with Gasteiger partial charge in [0.25, 0.3) is 11.6 Å². The number of rotatable bonds is 4. The molecule has 0 spiro atoms. The third kappa shape index (κ3) is 2.59. The molecule has 6 nitrogen and oxygen atoms in total. The highest BCUT2D eigenvalue weighted by Crippen LogP contribution is 2.30. The molecule has 1 aromatic carbocycles. The van der Waals surface area contributed by atoms with E-state index in [9.17, 15) is 14.9 Å². The quantitative estimate of drug-likeness (QED) is 0.678. The SMILES string of the molecule is CNc1c(C(=O)N(C)C2CCCC2)cccc1[N+](=O)[O-]. The van der Waals surface area contributed by atoms with Crippen molar-refractivity contribution in [3.05, 3.63) is 33.9 Å². The van der Waals surface area contributed by atoms with Gasteiger partial charge in [0.05, 0.1) is 10.5 Å². The zero-order chi connectivity index (χ0) is 14.7. The first kappa shape index (κ1) is 14.3. The zero-order valence-electron chi connectivity index (χ0n) is 11.8. The Kier molecular flexibility index (Phi) is 4.22. The predicted octanol–water partition coefficient (Wildman–Crippen LogP) is 2.65. The van der Waals surface area contributed by atoms with Gasteiger partial charge < -0.3 is 10.2 Å². The fraction of sp³-hybridized carbons (Fsp3) is 0.500. The molecular formula is C14H19N3O3. The van der Waals surface area contributed by atoms with Crippen molar-refractivity contribution in [1.82, 2.24) is 4.90 Å². The summed E-state index contributed by atoms with van der Waals surface area (Å²) in [5.74, 6) is -0.162. The summed E-state index contributed by atoms with van der Waals surface area (Å²) in [7, 11) is 3.37. The summed E-state index contributed by atoms with van der Waals surface area (Å²) >= 11 is 0. The minimum Gasteiger partial charge on any atom is -0.382 e. The molecule has 2 rings (SSSR count). The maximum Gasteiger partial charge on any atom is 0.293 e. The molecule has 1 aliphatic rings. The molecule has 0 aliphatic heterocycles. The summed E-state index contributed by atoms with van der Waals surface area (Å²) in [6.07, 6.45) is 4.28. The van der Waals surface area contributed by atoms with Crippen LogP contribution in [0.4, 0.5) is 11.4 Å². The number of hydrogen-bond acceptors (Lipinski definition) is 4. The molecule has 0 unspecified atom stereocenters. The van der Waals surface area contributed by atoms with Crippen molar-refractivity contribution < 1.29 is 9.72 Å². The number of nitro groups is 1. The van der Waals surface area contributed by atoms with Gasteiger partial charge in [-0.05, 0) is 18.9 Å². The second-order valence-corrected chi connectivity index (χ2v) is 5.06. The van der Waals surface area contributed by atoms with E-state index in [4.69, 9.17) is 0 Å². The van der Waals surface area contributed by atoms with E-state index >= 15 is 0 Å². The molecule has 0 radical (unpaired) electrons. The Morgan fingerprint density at radius 3 is 2.60 bits per heavy atom. The zero-order valence-corrected chi connectivity index (χ0v) is 11.8. The number of amides is 1. The molecule has 20 heavy (non-hydrogen) atoms. The number of anilines is 1. The molecule has 1 aliphatic carbocycles. The van der Waals surface area contributed by atoms with Gasteiger partial charge >= 0.3 is 0 Å². The molecular weight excluding hydrogens is 258 g/mol. The summed E-state index contributed by atoms with van der Waals surface area (Å²) in [6, 6.07) is 4.82. The Morgan fingerprint density at radius 1 is 1.40 bits per heavy atom. The van der Waals surface area contributed by atoms with E-state index in [1.54, 1.807) is 31.1 Å². The first-order chi connectivity index (χ1) is 9.56. The minimum absolute atomic E-state index is 0.0711. The van der Waals surface area contributed by atoms with Gasteiger partial charge in [0, 0.05) is 26.2 Å². The van der Waals surface area contributed by atoms with Gasteiger partial charge in [0.15, 0.2) is 0 Å². The third-order valence-corrected chi connectivity index (χ3v) is 3.91. The van der Waals surface area contributed by atoms with Crippen molar-refractivity contribution in [2.45, 2.75) is 31.7 Å². The van der Waals surface area contributed by atoms with Crippen molar-refractivity contribution in [1.29, 1.82) is 0 Å². The van der Waals surface area contributed by atoms with Crippen LogP contribution in [0.5, 0.6) is 0 Å². The van der Waals surface area contributed by atoms with E-state index in [0.29, 0.717) is 5.56 Å². The maximum absolute atomic E-state index is 12.5. The molecule has 1 N–H and O–H groups in total. The smallest absolute Gasteiger partial charge is 0.293 e. The Morgan fingerprint density at radius 2 is 2.05 bits per heavy atom. The second kappa shape index (κ2) is 5.90. The summed E-state index contributed by atoms with van der Waals surface area (Å²) in [6.45, 7) is 0. The summed E-state index contributed by atoms with van der Waals surface area (Å²) < 4.78 is 0. The van der Waals surface area contributed by atoms with E-state index in [1.165, 1.54) is 6.07 Å². The van der Waals surface area contributed by atoms with Crippen LogP contribution in [-0.4, -0.2) is 35.9 Å². The molecule has 0 heterocycles. The third-order valence-electron chi connectivity index (χ3n) is 3.91. The number of nitro benzene ring substituents is 1. The monoisotopic (exact) mass is 277 g/mol. The van der Waals surface area contributed by atoms with E-state index in [0.717, 1.165) is 25.7 Å². The fourth-order valence-corrected chi connectivity index (χ4v) is 2.78. The summed E-state index contributed by atoms with van der Waals surface area (Å²) in [5.41, 5.74) is 0.571. The molecule has 108 valence electrons. The second-order valence-electron chi connectivity index (χ2n) is 5.06. The first-order valence-electron chi connectivity index (χ1n) is 6.78. The largest absolute Gasteiger partial charge is 0.382 e. The van der Waals surface area contributed by atoms with Gasteiger partial charge in [-0.1, -0.05) is 18.9 Å². The molecule has 0 bridgehead atoms. The van der Waals surface area contributed by atoms with E-state index in [1.807, 2.05) is 0 Å². The van der Waals surface area contributed by atoms with Crippen molar-refractivity contribution in [3.8, 4) is 0 Å². The van der Waals surface area contributed by atoms with Gasteiger partial charge in [0.1, 0.15) is 5.69 Å². The van der Waals surface area contributed by atoms with Crippen LogP contribution in [0.2, 0.25) is 0 Å². The van der Waals surface area contributed by atoms with Gasteiger partial charge in [-0.3, -0.25) is 14.9 Å². The van der Waals surface area contributed by atoms with Crippen LogP contribution in [-0.2, 0) is 0 Å². The minimum atomic E-state index is -0.474. The predicted molar refractivity (Wildman–Crippen MR) is 77.0 cm³/mol. The number of benzene rings is 1. The van der Waals surface area contributed by atoms with Gasteiger partial charge in [-0.15, -0.1) is 0 Å². The number of nitrogens with one attached hydrogen (secondary N) is 1. The summed E-state index contributed by atoms with van der Waals surface area (Å²) in [4.78, 5) is 24.8. The van der Waals surface area contributed by atoms with Crippen molar-refractivity contribution in [3.63, 3.8) is 0 Å². The number of carbonyl (C=O) groups excluding carboxylic acids is 1. The highest BCUT2D eigenvalue weighted by Gasteiger charge is 2.28. The van der Waals surface area contributed by atoms with Gasteiger partial charge in [-0.25, -0.2) is 0 Å². The highest BCUT2D eigenvalue weighted by molar-refractivity contribution is 6.01. The average molecular weight is 277 g/mol. The molecule has 6 heteroatoms. The number of hydrogen-bond donors (Lipinski definition) is 1. The Bertz CT molecular complexity index is 524. The van der Waals surface area contributed by atoms with Gasteiger partial charge in [0.2, 0.25) is 0 Å². The molecule has 1 fully saturated rings. The normalized spacial score (nSPS) is 15.1. The van der Waals surface area contributed by atoms with Crippen LogP contribution in [0.15, 0.2) is 18.2 Å². The molecule has 1 saturated carbocycles. The highest BCUT2D eigenvalue weighted by atomic mass is 16.6. The molecule has 1 amide bonds. The summed E-state index contributed by atoms with van der Waals surface area (Å²) in [5, 5.41) is 13.8. The molecule has 1 aromatic rings. The van der Waals surface area contributed by atoms with Crippen LogP contribution < -0.4 is 5.32 Å². The lowest BCUT2D eigenvalue weighted by Gasteiger charge is -2.25. The van der Waals surface area contributed by atoms with Crippen LogP contribution in [0.1, 0.15) is 36.0 Å². The number of nitrogens with zero attached hydrogens (tertiary/aromatic N) is 2. The van der Waals surface area contributed by atoms with Crippen molar-refractivity contribution in [2.75, 3.05) is 19.4 Å². The Balaban J connectivity index is 2.33. The Labute approximate surface area is 117 Å². The van der Waals surface area contributed by atoms with Crippen LogP contribution in [0.25, 0.3) is 0 Å². The maximum atomic E-state index is 12.5. The van der Waals surface area contributed by atoms with Gasteiger partial charge in [-0.2, -0.15) is 0 Å². The van der Waals surface area contributed by atoms with E-state index in [2.05, 4.69) is 5.32 Å². The lowest BCUT2D eigenvalue weighted by Crippen LogP contribution is -2.35. The standard InChI is InChI=1S/C14H19N3O3/c1-15-13-11(8-5-9-12(13)17(19)20)14(18)16(2)10-6-3-4-7-10/h5,8-10,15H,3-4,6-7H2,1-2H3. The fourth-order valence-electron chi connectivity index (χ4n) is 2.78. The van der Waals surface area contributed by atoms with Crippen molar-refractivity contribution in [2.24, 2.45) is 0 Å². The number of carbonyl (C=O) groups is 1. The molecule has 0 aromatic heterocycles. The topological polar surface area (TPSA) is 75.5 Å². The molecule has 0 saturated heterocycles.